The maximum Gasteiger partial charge on any atom is 0.238 e. The van der Waals surface area contributed by atoms with Crippen LogP contribution in [0.5, 0.6) is 0 Å². The Bertz CT molecular complexity index is 445. The highest BCUT2D eigenvalue weighted by Gasteiger charge is 2.34. The summed E-state index contributed by atoms with van der Waals surface area (Å²) in [4.78, 5) is 6.84. The molecule has 3 atom stereocenters. The van der Waals surface area contributed by atoms with Crippen LogP contribution >= 0.6 is 0 Å². The molecule has 166 valence electrons. The largest absolute Gasteiger partial charge is 0.394 e. The Hall–Kier alpha value is -0.570. The van der Waals surface area contributed by atoms with Crippen LogP contribution < -0.4 is 16.0 Å². The fourth-order valence-electron chi connectivity index (χ4n) is 3.86. The van der Waals surface area contributed by atoms with Gasteiger partial charge in [0.05, 0.1) is 26.0 Å². The topological polar surface area (TPSA) is 85.7 Å². The van der Waals surface area contributed by atoms with E-state index in [0.717, 1.165) is 39.1 Å². The molecular formula is C21H46N5O2+. The van der Waals surface area contributed by atoms with Crippen molar-refractivity contribution >= 4 is 6.21 Å². The molecule has 1 rings (SSSR count). The zero-order valence-electron chi connectivity index (χ0n) is 19.1. The molecule has 1 fully saturated rings. The second kappa shape index (κ2) is 12.9. The summed E-state index contributed by atoms with van der Waals surface area (Å²) in [5, 5.41) is 19.1. The first kappa shape index (κ1) is 25.5. The van der Waals surface area contributed by atoms with Gasteiger partial charge in [0, 0.05) is 18.3 Å². The van der Waals surface area contributed by atoms with Gasteiger partial charge in [-0.25, -0.2) is 10.3 Å². The van der Waals surface area contributed by atoms with Crippen LogP contribution in [0.25, 0.3) is 0 Å². The van der Waals surface area contributed by atoms with Crippen molar-refractivity contribution in [1.29, 1.82) is 0 Å². The van der Waals surface area contributed by atoms with Crippen LogP contribution in [0.4, 0.5) is 0 Å². The van der Waals surface area contributed by atoms with Crippen molar-refractivity contribution in [3.05, 3.63) is 0 Å². The minimum Gasteiger partial charge on any atom is -0.394 e. The van der Waals surface area contributed by atoms with E-state index in [9.17, 15) is 5.11 Å². The molecule has 1 aliphatic carbocycles. The summed E-state index contributed by atoms with van der Waals surface area (Å²) < 4.78 is 5.91. The number of aliphatic hydroxyl groups excluding tert-OH is 1. The summed E-state index contributed by atoms with van der Waals surface area (Å²) in [7, 11) is 4.03. The van der Waals surface area contributed by atoms with Gasteiger partial charge in [0.25, 0.3) is 0 Å². The maximum absolute atomic E-state index is 9.99. The standard InChI is InChI=1S/C21H45N5O2/c1-7-10-21(4,16-27)26(6)18(15-22-5)25-19(23-8-2)24-13-14-28-17-20(3)11-9-12-20/h8,18-19,22,24-25,27H,7,9-17H2,1-6H3/p+1/b23-8+. The normalized spacial score (nSPS) is 20.9. The molecule has 0 spiro atoms. The molecule has 1 aliphatic rings. The van der Waals surface area contributed by atoms with Gasteiger partial charge in [-0.2, -0.15) is 0 Å². The lowest BCUT2D eigenvalue weighted by Gasteiger charge is -2.43. The SMILES string of the molecule is C/C=N/C(NC(CNC)N(C)C(C)(CO)CCC)[NH2+]CCOCC1(C)CCC1. The van der Waals surface area contributed by atoms with E-state index >= 15 is 0 Å². The van der Waals surface area contributed by atoms with Gasteiger partial charge in [-0.15, -0.1) is 0 Å². The molecule has 0 bridgehead atoms. The highest BCUT2D eigenvalue weighted by molar-refractivity contribution is 5.53. The van der Waals surface area contributed by atoms with Gasteiger partial charge in [-0.05, 0) is 52.6 Å². The average molecular weight is 401 g/mol. The number of hydrogen-bond acceptors (Lipinski definition) is 6. The number of likely N-dealkylation sites (N-methyl/N-ethyl adjacent to an activating group) is 2. The molecule has 0 aliphatic heterocycles. The molecule has 0 aromatic heterocycles. The van der Waals surface area contributed by atoms with Crippen LogP contribution in [-0.2, 0) is 4.74 Å². The van der Waals surface area contributed by atoms with Crippen molar-refractivity contribution in [2.24, 2.45) is 10.4 Å². The zero-order chi connectivity index (χ0) is 21.0. The van der Waals surface area contributed by atoms with E-state index in [4.69, 9.17) is 4.74 Å². The average Bonchev–Trinajstić information content (AvgIpc) is 2.65. The Morgan fingerprint density at radius 2 is 2.14 bits per heavy atom. The Kier molecular flexibility index (Phi) is 11.7. The van der Waals surface area contributed by atoms with Crippen molar-refractivity contribution in [3.63, 3.8) is 0 Å². The fourth-order valence-corrected chi connectivity index (χ4v) is 3.86. The lowest BCUT2D eigenvalue weighted by atomic mass is 9.71. The van der Waals surface area contributed by atoms with E-state index in [1.54, 1.807) is 0 Å². The molecule has 0 aromatic rings. The molecule has 28 heavy (non-hydrogen) atoms. The first-order chi connectivity index (χ1) is 13.3. The molecule has 0 radical (unpaired) electrons. The summed E-state index contributed by atoms with van der Waals surface area (Å²) >= 11 is 0. The lowest BCUT2D eigenvalue weighted by molar-refractivity contribution is -0.695. The second-order valence-electron chi connectivity index (χ2n) is 8.85. The summed E-state index contributed by atoms with van der Waals surface area (Å²) in [5.41, 5.74) is 0.152. The van der Waals surface area contributed by atoms with E-state index in [1.165, 1.54) is 19.3 Å². The van der Waals surface area contributed by atoms with Gasteiger partial charge in [0.2, 0.25) is 6.29 Å². The number of nitrogens with zero attached hydrogens (tertiary/aromatic N) is 2. The highest BCUT2D eigenvalue weighted by Crippen LogP contribution is 2.40. The van der Waals surface area contributed by atoms with Gasteiger partial charge in [0.15, 0.2) is 0 Å². The number of aliphatic imine (C=N–C) groups is 1. The lowest BCUT2D eigenvalue weighted by Crippen LogP contribution is -2.94. The molecule has 7 heteroatoms. The van der Waals surface area contributed by atoms with Crippen LogP contribution in [0, 0.1) is 5.41 Å². The van der Waals surface area contributed by atoms with Gasteiger partial charge >= 0.3 is 0 Å². The van der Waals surface area contributed by atoms with Crippen LogP contribution in [0.1, 0.15) is 59.8 Å². The zero-order valence-corrected chi connectivity index (χ0v) is 19.1. The van der Waals surface area contributed by atoms with Crippen molar-refractivity contribution in [3.8, 4) is 0 Å². The Morgan fingerprint density at radius 3 is 2.64 bits per heavy atom. The third-order valence-corrected chi connectivity index (χ3v) is 6.18. The predicted molar refractivity (Wildman–Crippen MR) is 117 cm³/mol. The number of aliphatic hydroxyl groups is 1. The fraction of sp³-hybridized carbons (Fsp3) is 0.952. The number of nitrogens with two attached hydrogens (primary N) is 1. The predicted octanol–water partition coefficient (Wildman–Crippen LogP) is 0.749. The Balaban J connectivity index is 2.55. The summed E-state index contributed by atoms with van der Waals surface area (Å²) in [6.45, 7) is 11.9. The first-order valence-corrected chi connectivity index (χ1v) is 11.0. The maximum atomic E-state index is 9.99. The Morgan fingerprint density at radius 1 is 1.43 bits per heavy atom. The van der Waals surface area contributed by atoms with Gasteiger partial charge in [-0.3, -0.25) is 4.90 Å². The summed E-state index contributed by atoms with van der Waals surface area (Å²) in [6.07, 6.45) is 7.74. The Labute approximate surface area is 172 Å². The molecule has 0 aromatic carbocycles. The van der Waals surface area contributed by atoms with E-state index < -0.39 is 0 Å². The van der Waals surface area contributed by atoms with Gasteiger partial charge in [-0.1, -0.05) is 26.7 Å². The first-order valence-electron chi connectivity index (χ1n) is 11.0. The van der Waals surface area contributed by atoms with Crippen molar-refractivity contribution < 1.29 is 15.2 Å². The van der Waals surface area contributed by atoms with E-state index in [1.807, 2.05) is 20.2 Å². The molecule has 3 unspecified atom stereocenters. The number of quaternary nitrogens is 1. The van der Waals surface area contributed by atoms with E-state index in [-0.39, 0.29) is 24.6 Å². The number of ether oxygens (including phenoxy) is 1. The second-order valence-corrected chi connectivity index (χ2v) is 8.85. The molecule has 0 amide bonds. The smallest absolute Gasteiger partial charge is 0.238 e. The van der Waals surface area contributed by atoms with Gasteiger partial charge in [0.1, 0.15) is 6.54 Å². The quantitative estimate of drug-likeness (QED) is 0.175. The number of rotatable bonds is 16. The van der Waals surface area contributed by atoms with Crippen molar-refractivity contribution in [1.82, 2.24) is 15.5 Å². The monoisotopic (exact) mass is 400 g/mol. The molecular weight excluding hydrogens is 354 g/mol. The minimum atomic E-state index is -0.259. The molecule has 0 saturated heterocycles. The molecule has 0 heterocycles. The highest BCUT2D eigenvalue weighted by atomic mass is 16.5. The van der Waals surface area contributed by atoms with Crippen LogP contribution in [-0.4, -0.2) is 81.2 Å². The third-order valence-electron chi connectivity index (χ3n) is 6.18. The minimum absolute atomic E-state index is 0.0634. The third kappa shape index (κ3) is 8.05. The van der Waals surface area contributed by atoms with Crippen molar-refractivity contribution in [2.45, 2.75) is 77.8 Å². The number of hydrogen-bond donors (Lipinski definition) is 4. The molecule has 5 N–H and O–H groups in total. The van der Waals surface area contributed by atoms with Crippen molar-refractivity contribution in [2.75, 3.05) is 47.0 Å². The van der Waals surface area contributed by atoms with E-state index in [0.29, 0.717) is 5.41 Å². The molecule has 7 nitrogen and oxygen atoms in total. The van der Waals surface area contributed by atoms with Crippen LogP contribution in [0.2, 0.25) is 0 Å². The summed E-state index contributed by atoms with van der Waals surface area (Å²) in [5.74, 6) is 0. The van der Waals surface area contributed by atoms with Crippen LogP contribution in [0.15, 0.2) is 4.99 Å². The van der Waals surface area contributed by atoms with E-state index in [2.05, 4.69) is 53.7 Å². The van der Waals surface area contributed by atoms with Crippen LogP contribution in [0.3, 0.4) is 0 Å². The van der Waals surface area contributed by atoms with Gasteiger partial charge < -0.3 is 20.5 Å². The summed E-state index contributed by atoms with van der Waals surface area (Å²) in [6, 6.07) is 0. The molecule has 1 saturated carbocycles. The number of nitrogens with one attached hydrogen (secondary N) is 2.